The lowest BCUT2D eigenvalue weighted by atomic mass is 9.94. The molecule has 1 aromatic heterocycles. The molecule has 2 aromatic carbocycles. The third-order valence-electron chi connectivity index (χ3n) is 5.94. The van der Waals surface area contributed by atoms with Crippen LogP contribution in [0.25, 0.3) is 17.4 Å². The van der Waals surface area contributed by atoms with E-state index in [1.54, 1.807) is 24.3 Å². The zero-order valence-corrected chi connectivity index (χ0v) is 21.3. The smallest absolute Gasteiger partial charge is 0.248 e. The molecule has 1 N–H and O–H groups in total. The average Bonchev–Trinajstić information content (AvgIpc) is 3.33. The van der Waals surface area contributed by atoms with E-state index < -0.39 is 5.82 Å². The van der Waals surface area contributed by atoms with Gasteiger partial charge in [0.05, 0.1) is 5.02 Å². The normalized spacial score (nSPS) is 14.4. The summed E-state index contributed by atoms with van der Waals surface area (Å²) >= 11 is 5.84. The van der Waals surface area contributed by atoms with E-state index in [2.05, 4.69) is 10.2 Å². The van der Waals surface area contributed by atoms with Crippen molar-refractivity contribution in [3.05, 3.63) is 77.3 Å². The van der Waals surface area contributed by atoms with E-state index in [1.165, 1.54) is 18.2 Å². The molecule has 0 saturated carbocycles. The van der Waals surface area contributed by atoms with E-state index in [0.29, 0.717) is 35.9 Å². The molecule has 4 rings (SSSR count). The molecule has 6 nitrogen and oxygen atoms in total. The molecule has 188 valence electrons. The minimum absolute atomic E-state index is 0.0179. The fraction of sp³-hybridized carbons (Fsp3) is 0.286. The van der Waals surface area contributed by atoms with Crippen LogP contribution in [0.4, 0.5) is 15.8 Å². The highest BCUT2D eigenvalue weighted by Crippen LogP contribution is 2.27. The van der Waals surface area contributed by atoms with Crippen molar-refractivity contribution >= 4 is 40.9 Å². The fourth-order valence-electron chi connectivity index (χ4n) is 3.99. The molecule has 2 amide bonds. The van der Waals surface area contributed by atoms with Crippen molar-refractivity contribution in [3.63, 3.8) is 0 Å². The molecular formula is C28H29ClFN3O3. The topological polar surface area (TPSA) is 65.8 Å². The summed E-state index contributed by atoms with van der Waals surface area (Å²) in [5.41, 5.74) is 2.01. The summed E-state index contributed by atoms with van der Waals surface area (Å²) in [6.07, 6.45) is 2.95. The van der Waals surface area contributed by atoms with Crippen LogP contribution in [0.3, 0.4) is 0 Å². The van der Waals surface area contributed by atoms with Crippen molar-refractivity contribution in [2.75, 3.05) is 36.4 Å². The minimum Gasteiger partial charge on any atom is -0.457 e. The highest BCUT2D eigenvalue weighted by molar-refractivity contribution is 6.31. The first-order valence-electron chi connectivity index (χ1n) is 11.8. The van der Waals surface area contributed by atoms with Gasteiger partial charge in [0.15, 0.2) is 0 Å². The number of piperazine rings is 1. The van der Waals surface area contributed by atoms with Crippen LogP contribution in [-0.4, -0.2) is 42.9 Å². The third-order valence-corrected chi connectivity index (χ3v) is 6.23. The second-order valence-electron chi connectivity index (χ2n) is 9.73. The quantitative estimate of drug-likeness (QED) is 0.423. The predicted octanol–water partition coefficient (Wildman–Crippen LogP) is 6.09. The Morgan fingerprint density at radius 1 is 1.00 bits per heavy atom. The summed E-state index contributed by atoms with van der Waals surface area (Å²) in [7, 11) is 0. The molecule has 0 unspecified atom stereocenters. The van der Waals surface area contributed by atoms with Crippen molar-refractivity contribution in [3.8, 4) is 11.3 Å². The first-order valence-corrected chi connectivity index (χ1v) is 12.2. The number of hydrogen-bond acceptors (Lipinski definition) is 4. The van der Waals surface area contributed by atoms with E-state index in [1.807, 2.05) is 49.9 Å². The van der Waals surface area contributed by atoms with Gasteiger partial charge in [-0.05, 0) is 60.7 Å². The van der Waals surface area contributed by atoms with Gasteiger partial charge in [-0.15, -0.1) is 0 Å². The van der Waals surface area contributed by atoms with Crippen molar-refractivity contribution in [2.45, 2.75) is 20.8 Å². The van der Waals surface area contributed by atoms with Crippen LogP contribution >= 0.6 is 11.6 Å². The van der Waals surface area contributed by atoms with Gasteiger partial charge in [-0.2, -0.15) is 0 Å². The number of rotatable bonds is 5. The molecule has 1 fully saturated rings. The summed E-state index contributed by atoms with van der Waals surface area (Å²) < 4.78 is 19.1. The molecule has 0 bridgehead atoms. The first kappa shape index (κ1) is 25.5. The monoisotopic (exact) mass is 509 g/mol. The summed E-state index contributed by atoms with van der Waals surface area (Å²) in [6, 6.07) is 15.5. The van der Waals surface area contributed by atoms with E-state index in [0.717, 1.165) is 18.8 Å². The van der Waals surface area contributed by atoms with Gasteiger partial charge in [-0.3, -0.25) is 9.59 Å². The van der Waals surface area contributed by atoms with Gasteiger partial charge in [0.2, 0.25) is 11.8 Å². The Morgan fingerprint density at radius 3 is 2.33 bits per heavy atom. The standard InChI is InChI=1S/C28H29ClFN3O3/c1-28(2,3)27(35)33-16-14-32(15-17-33)21-7-5-20(6-8-21)31-26(34)13-10-22-9-12-25(36-22)19-4-11-24(30)23(29)18-19/h4-13,18H,14-17H2,1-3H3,(H,31,34)/b13-10+. The summed E-state index contributed by atoms with van der Waals surface area (Å²) in [5, 5.41) is 2.85. The van der Waals surface area contributed by atoms with E-state index in [4.69, 9.17) is 16.0 Å². The van der Waals surface area contributed by atoms with Crippen molar-refractivity contribution in [1.29, 1.82) is 0 Å². The van der Waals surface area contributed by atoms with Crippen LogP contribution in [0.5, 0.6) is 0 Å². The van der Waals surface area contributed by atoms with Gasteiger partial charge < -0.3 is 19.5 Å². The molecule has 0 radical (unpaired) electrons. The predicted molar refractivity (Wildman–Crippen MR) is 141 cm³/mol. The average molecular weight is 510 g/mol. The maximum Gasteiger partial charge on any atom is 0.248 e. The maximum absolute atomic E-state index is 13.4. The Kier molecular flexibility index (Phi) is 7.50. The highest BCUT2D eigenvalue weighted by atomic mass is 35.5. The van der Waals surface area contributed by atoms with E-state index in [9.17, 15) is 14.0 Å². The summed E-state index contributed by atoms with van der Waals surface area (Å²) in [6.45, 7) is 8.77. The molecular weight excluding hydrogens is 481 g/mol. The SMILES string of the molecule is CC(C)(C)C(=O)N1CCN(c2ccc(NC(=O)/C=C/c3ccc(-c4ccc(F)c(Cl)c4)o3)cc2)CC1. The van der Waals surface area contributed by atoms with Crippen LogP contribution in [0.15, 0.2) is 65.1 Å². The van der Waals surface area contributed by atoms with Gasteiger partial charge in [0, 0.05) is 54.6 Å². The van der Waals surface area contributed by atoms with E-state index in [-0.39, 0.29) is 22.3 Å². The lowest BCUT2D eigenvalue weighted by Gasteiger charge is -2.38. The second kappa shape index (κ2) is 10.6. The number of halogens is 2. The summed E-state index contributed by atoms with van der Waals surface area (Å²) in [4.78, 5) is 29.0. The molecule has 8 heteroatoms. The lowest BCUT2D eigenvalue weighted by Crippen LogP contribution is -2.51. The number of amides is 2. The van der Waals surface area contributed by atoms with Crippen molar-refractivity contribution in [2.24, 2.45) is 5.41 Å². The molecule has 0 atom stereocenters. The minimum atomic E-state index is -0.494. The highest BCUT2D eigenvalue weighted by Gasteiger charge is 2.29. The zero-order valence-electron chi connectivity index (χ0n) is 20.6. The number of anilines is 2. The molecule has 1 aliphatic rings. The van der Waals surface area contributed by atoms with Crippen LogP contribution < -0.4 is 10.2 Å². The fourth-order valence-corrected chi connectivity index (χ4v) is 4.17. The molecule has 1 aliphatic heterocycles. The largest absolute Gasteiger partial charge is 0.457 e. The molecule has 36 heavy (non-hydrogen) atoms. The van der Waals surface area contributed by atoms with Gasteiger partial charge in [-0.25, -0.2) is 4.39 Å². The Labute approximate surface area is 215 Å². The molecule has 2 heterocycles. The maximum atomic E-state index is 13.4. The Balaban J connectivity index is 1.30. The third kappa shape index (κ3) is 6.15. The van der Waals surface area contributed by atoms with Crippen LogP contribution in [0.1, 0.15) is 26.5 Å². The molecule has 0 spiro atoms. The summed E-state index contributed by atoms with van der Waals surface area (Å²) in [5.74, 6) is 0.405. The Bertz CT molecular complexity index is 1270. The van der Waals surface area contributed by atoms with Gasteiger partial charge in [0.25, 0.3) is 0 Å². The molecule has 0 aliphatic carbocycles. The van der Waals surface area contributed by atoms with Crippen LogP contribution in [0.2, 0.25) is 5.02 Å². The van der Waals surface area contributed by atoms with Gasteiger partial charge >= 0.3 is 0 Å². The number of hydrogen-bond donors (Lipinski definition) is 1. The second-order valence-corrected chi connectivity index (χ2v) is 10.1. The van der Waals surface area contributed by atoms with Crippen molar-refractivity contribution in [1.82, 2.24) is 4.90 Å². The zero-order chi connectivity index (χ0) is 25.9. The van der Waals surface area contributed by atoms with Crippen LogP contribution in [-0.2, 0) is 9.59 Å². The molecule has 1 saturated heterocycles. The number of furan rings is 1. The Morgan fingerprint density at radius 2 is 1.69 bits per heavy atom. The number of carbonyl (C=O) groups is 2. The van der Waals surface area contributed by atoms with Crippen molar-refractivity contribution < 1.29 is 18.4 Å². The lowest BCUT2D eigenvalue weighted by molar-refractivity contribution is -0.139. The number of nitrogens with one attached hydrogen (secondary N) is 1. The Hall–Kier alpha value is -3.58. The van der Waals surface area contributed by atoms with Gasteiger partial charge in [-0.1, -0.05) is 32.4 Å². The first-order chi connectivity index (χ1) is 17.1. The number of nitrogens with zero attached hydrogens (tertiary/aromatic N) is 2. The molecule has 3 aromatic rings. The number of benzene rings is 2. The van der Waals surface area contributed by atoms with Gasteiger partial charge in [0.1, 0.15) is 17.3 Å². The van der Waals surface area contributed by atoms with E-state index >= 15 is 0 Å². The number of carbonyl (C=O) groups excluding carboxylic acids is 2. The van der Waals surface area contributed by atoms with Crippen LogP contribution in [0, 0.1) is 11.2 Å².